The SMILES string of the molecule is CCOC(=O)C1=C(C)NC2=C(C(=O)CCC2)[C@@H]1c1ccc(COc2ccc(OC)cc2)c(OC)c1. The van der Waals surface area contributed by atoms with Crippen molar-refractivity contribution in [1.29, 1.82) is 0 Å². The summed E-state index contributed by atoms with van der Waals surface area (Å²) in [6.45, 7) is 4.19. The quantitative estimate of drug-likeness (QED) is 0.546. The molecule has 2 aromatic carbocycles. The van der Waals surface area contributed by atoms with Crippen molar-refractivity contribution in [1.82, 2.24) is 5.32 Å². The number of rotatable bonds is 8. The van der Waals surface area contributed by atoms with Gasteiger partial charge in [0.1, 0.15) is 23.9 Å². The van der Waals surface area contributed by atoms with Gasteiger partial charge in [-0.15, -0.1) is 0 Å². The predicted molar refractivity (Wildman–Crippen MR) is 131 cm³/mol. The van der Waals surface area contributed by atoms with E-state index in [1.165, 1.54) is 0 Å². The maximum atomic E-state index is 13.0. The number of dihydropyridines is 1. The molecule has 0 aromatic heterocycles. The molecule has 2 aromatic rings. The molecule has 184 valence electrons. The molecule has 0 radical (unpaired) electrons. The molecule has 2 aliphatic rings. The fourth-order valence-electron chi connectivity index (χ4n) is 4.69. The Hall–Kier alpha value is -3.74. The van der Waals surface area contributed by atoms with Gasteiger partial charge in [0.2, 0.25) is 0 Å². The van der Waals surface area contributed by atoms with Gasteiger partial charge in [0.15, 0.2) is 5.78 Å². The minimum Gasteiger partial charge on any atom is -0.497 e. The summed E-state index contributed by atoms with van der Waals surface area (Å²) in [4.78, 5) is 26.0. The van der Waals surface area contributed by atoms with Crippen molar-refractivity contribution in [2.45, 2.75) is 45.6 Å². The lowest BCUT2D eigenvalue weighted by atomic mass is 9.75. The van der Waals surface area contributed by atoms with E-state index in [1.807, 2.05) is 49.4 Å². The van der Waals surface area contributed by atoms with Crippen LogP contribution in [0.25, 0.3) is 0 Å². The second-order valence-electron chi connectivity index (χ2n) is 8.52. The van der Waals surface area contributed by atoms with Gasteiger partial charge in [0, 0.05) is 34.9 Å². The third-order valence-corrected chi connectivity index (χ3v) is 6.37. The predicted octanol–water partition coefficient (Wildman–Crippen LogP) is 4.81. The van der Waals surface area contributed by atoms with Gasteiger partial charge in [-0.3, -0.25) is 4.79 Å². The Labute approximate surface area is 205 Å². The van der Waals surface area contributed by atoms with Crippen LogP contribution in [0.1, 0.15) is 50.2 Å². The van der Waals surface area contributed by atoms with E-state index in [2.05, 4.69) is 5.32 Å². The third-order valence-electron chi connectivity index (χ3n) is 6.37. The summed E-state index contributed by atoms with van der Waals surface area (Å²) in [7, 11) is 3.22. The first-order chi connectivity index (χ1) is 17.0. The topological polar surface area (TPSA) is 83.1 Å². The Morgan fingerprint density at radius 1 is 1.03 bits per heavy atom. The van der Waals surface area contributed by atoms with Crippen molar-refractivity contribution in [3.63, 3.8) is 0 Å². The van der Waals surface area contributed by atoms with Crippen LogP contribution in [0.2, 0.25) is 0 Å². The molecule has 0 spiro atoms. The first kappa shape index (κ1) is 24.4. The number of Topliss-reactive ketones (excluding diaryl/α,β-unsaturated/α-hetero) is 1. The van der Waals surface area contributed by atoms with Crippen LogP contribution in [0.3, 0.4) is 0 Å². The average molecular weight is 478 g/mol. The van der Waals surface area contributed by atoms with Crippen molar-refractivity contribution in [2.75, 3.05) is 20.8 Å². The summed E-state index contributed by atoms with van der Waals surface area (Å²) in [6, 6.07) is 13.1. The highest BCUT2D eigenvalue weighted by Gasteiger charge is 2.39. The fourth-order valence-corrected chi connectivity index (χ4v) is 4.69. The highest BCUT2D eigenvalue weighted by molar-refractivity contribution is 6.03. The second kappa shape index (κ2) is 10.7. The monoisotopic (exact) mass is 477 g/mol. The maximum Gasteiger partial charge on any atom is 0.336 e. The van der Waals surface area contributed by atoms with E-state index in [1.54, 1.807) is 21.1 Å². The Morgan fingerprint density at radius 3 is 2.46 bits per heavy atom. The zero-order valence-electron chi connectivity index (χ0n) is 20.6. The van der Waals surface area contributed by atoms with E-state index in [9.17, 15) is 9.59 Å². The van der Waals surface area contributed by atoms with E-state index in [-0.39, 0.29) is 12.4 Å². The summed E-state index contributed by atoms with van der Waals surface area (Å²) in [5.41, 5.74) is 4.38. The number of carbonyl (C=O) groups excluding carboxylic acids is 2. The van der Waals surface area contributed by atoms with Crippen molar-refractivity contribution in [2.24, 2.45) is 0 Å². The number of hydrogen-bond donors (Lipinski definition) is 1. The molecule has 0 fully saturated rings. The molecule has 1 atom stereocenters. The zero-order valence-corrected chi connectivity index (χ0v) is 20.6. The number of allylic oxidation sites excluding steroid dienone is 3. The number of ketones is 1. The number of carbonyl (C=O) groups is 2. The highest BCUT2D eigenvalue weighted by Crippen LogP contribution is 2.43. The molecule has 7 heteroatoms. The van der Waals surface area contributed by atoms with Crippen LogP contribution in [-0.4, -0.2) is 32.6 Å². The molecule has 0 saturated carbocycles. The molecule has 1 aliphatic carbocycles. The fraction of sp³-hybridized carbons (Fsp3) is 0.357. The summed E-state index contributed by atoms with van der Waals surface area (Å²) in [5.74, 6) is 1.22. The van der Waals surface area contributed by atoms with Crippen LogP contribution < -0.4 is 19.5 Å². The van der Waals surface area contributed by atoms with Gasteiger partial charge < -0.3 is 24.3 Å². The third kappa shape index (κ3) is 5.04. The molecule has 7 nitrogen and oxygen atoms in total. The molecule has 0 bridgehead atoms. The van der Waals surface area contributed by atoms with Gasteiger partial charge >= 0.3 is 5.97 Å². The minimum atomic E-state index is -0.511. The zero-order chi connectivity index (χ0) is 24.9. The lowest BCUT2D eigenvalue weighted by Gasteiger charge is -2.34. The highest BCUT2D eigenvalue weighted by atomic mass is 16.5. The van der Waals surface area contributed by atoms with Crippen molar-refractivity contribution in [3.05, 3.63) is 76.1 Å². The van der Waals surface area contributed by atoms with E-state index >= 15 is 0 Å². The molecule has 1 N–H and O–H groups in total. The van der Waals surface area contributed by atoms with Crippen molar-refractivity contribution >= 4 is 11.8 Å². The standard InChI is InChI=1S/C28H31NO6/c1-5-34-28(31)25-17(2)29-22-7-6-8-23(30)27(22)26(25)18-9-10-19(24(15-18)33-4)16-35-21-13-11-20(32-3)12-14-21/h9-15,26,29H,5-8,16H2,1-4H3/t26-/m1/s1. The van der Waals surface area contributed by atoms with Gasteiger partial charge in [0.05, 0.1) is 26.4 Å². The van der Waals surface area contributed by atoms with Crippen LogP contribution in [0, 0.1) is 0 Å². The number of methoxy groups -OCH3 is 2. The van der Waals surface area contributed by atoms with Crippen LogP contribution in [-0.2, 0) is 20.9 Å². The first-order valence-corrected chi connectivity index (χ1v) is 11.8. The molecular weight excluding hydrogens is 446 g/mol. The van der Waals surface area contributed by atoms with Crippen LogP contribution in [0.4, 0.5) is 0 Å². The van der Waals surface area contributed by atoms with Crippen LogP contribution >= 0.6 is 0 Å². The first-order valence-electron chi connectivity index (χ1n) is 11.8. The Morgan fingerprint density at radius 2 is 1.77 bits per heavy atom. The van der Waals surface area contributed by atoms with Gasteiger partial charge in [0.25, 0.3) is 0 Å². The summed E-state index contributed by atoms with van der Waals surface area (Å²) >= 11 is 0. The van der Waals surface area contributed by atoms with Crippen molar-refractivity contribution < 1.29 is 28.5 Å². The maximum absolute atomic E-state index is 13.0. The van der Waals surface area contributed by atoms with Crippen LogP contribution in [0.15, 0.2) is 65.0 Å². The van der Waals surface area contributed by atoms with Gasteiger partial charge in [-0.25, -0.2) is 4.79 Å². The Balaban J connectivity index is 1.68. The molecular formula is C28H31NO6. The van der Waals surface area contributed by atoms with E-state index in [0.717, 1.165) is 35.4 Å². The summed E-state index contributed by atoms with van der Waals surface area (Å²) < 4.78 is 22.2. The molecule has 0 amide bonds. The van der Waals surface area contributed by atoms with Gasteiger partial charge in [-0.05, 0) is 62.6 Å². The van der Waals surface area contributed by atoms with E-state index < -0.39 is 11.9 Å². The number of ether oxygens (including phenoxy) is 4. The van der Waals surface area contributed by atoms with Gasteiger partial charge in [-0.2, -0.15) is 0 Å². The average Bonchev–Trinajstić information content (AvgIpc) is 2.87. The Kier molecular flexibility index (Phi) is 7.44. The molecule has 0 unspecified atom stereocenters. The summed E-state index contributed by atoms with van der Waals surface area (Å²) in [6.07, 6.45) is 2.04. The molecule has 1 aliphatic heterocycles. The normalized spacial score (nSPS) is 17.5. The largest absolute Gasteiger partial charge is 0.497 e. The van der Waals surface area contributed by atoms with Gasteiger partial charge in [-0.1, -0.05) is 12.1 Å². The van der Waals surface area contributed by atoms with Crippen LogP contribution in [0.5, 0.6) is 17.2 Å². The second-order valence-corrected chi connectivity index (χ2v) is 8.52. The Bertz CT molecular complexity index is 1180. The lowest BCUT2D eigenvalue weighted by Crippen LogP contribution is -2.34. The summed E-state index contributed by atoms with van der Waals surface area (Å²) in [5, 5.41) is 3.30. The minimum absolute atomic E-state index is 0.0592. The smallest absolute Gasteiger partial charge is 0.336 e. The van der Waals surface area contributed by atoms with Crippen molar-refractivity contribution in [3.8, 4) is 17.2 Å². The van der Waals surface area contributed by atoms with E-state index in [4.69, 9.17) is 18.9 Å². The molecule has 1 heterocycles. The number of nitrogens with one attached hydrogen (secondary N) is 1. The number of esters is 1. The van der Waals surface area contributed by atoms with E-state index in [0.29, 0.717) is 41.4 Å². The number of hydrogen-bond acceptors (Lipinski definition) is 7. The molecule has 0 saturated heterocycles. The molecule has 4 rings (SSSR count). The lowest BCUT2D eigenvalue weighted by molar-refractivity contribution is -0.138. The number of benzene rings is 2. The molecule has 35 heavy (non-hydrogen) atoms.